The lowest BCUT2D eigenvalue weighted by atomic mass is 10.1. The van der Waals surface area contributed by atoms with E-state index >= 15 is 0 Å². The smallest absolute Gasteiger partial charge is 0.221 e. The van der Waals surface area contributed by atoms with Gasteiger partial charge in [0.05, 0.1) is 5.69 Å². The van der Waals surface area contributed by atoms with Crippen molar-refractivity contribution in [2.75, 3.05) is 5.32 Å². The van der Waals surface area contributed by atoms with Gasteiger partial charge in [-0.3, -0.25) is 4.79 Å². The molecule has 0 aliphatic carbocycles. The summed E-state index contributed by atoms with van der Waals surface area (Å²) in [6.45, 7) is 3.75. The topological polar surface area (TPSA) is 41.1 Å². The Morgan fingerprint density at radius 1 is 1.33 bits per heavy atom. The highest BCUT2D eigenvalue weighted by molar-refractivity contribution is 7.10. The van der Waals surface area contributed by atoms with Crippen LogP contribution < -0.4 is 10.6 Å². The summed E-state index contributed by atoms with van der Waals surface area (Å²) >= 11 is 1.50. The minimum Gasteiger partial charge on any atom is -0.325 e. The second-order valence-corrected chi connectivity index (χ2v) is 5.71. The quantitative estimate of drug-likeness (QED) is 0.881. The normalized spacial score (nSPS) is 12.2. The van der Waals surface area contributed by atoms with Gasteiger partial charge in [0.2, 0.25) is 5.91 Å². The number of rotatable bonds is 5. The Morgan fingerprint density at radius 2 is 2.10 bits per heavy atom. The van der Waals surface area contributed by atoms with Crippen molar-refractivity contribution >= 4 is 22.9 Å². The minimum absolute atomic E-state index is 0.132. The Labute approximate surface area is 126 Å². The second kappa shape index (κ2) is 6.78. The molecule has 112 valence electrons. The number of thiophene rings is 1. The summed E-state index contributed by atoms with van der Waals surface area (Å²) in [4.78, 5) is 12.0. The van der Waals surface area contributed by atoms with E-state index in [0.29, 0.717) is 12.1 Å². The zero-order valence-electron chi connectivity index (χ0n) is 11.7. The SMILES string of the molecule is CC(=O)Nc1ccsc1CNC(C)c1ccc(F)cc1F. The highest BCUT2D eigenvalue weighted by atomic mass is 32.1. The van der Waals surface area contributed by atoms with Crippen LogP contribution in [0.4, 0.5) is 14.5 Å². The lowest BCUT2D eigenvalue weighted by Crippen LogP contribution is -2.19. The molecular weight excluding hydrogens is 294 g/mol. The molecule has 0 saturated heterocycles. The molecule has 3 nitrogen and oxygen atoms in total. The van der Waals surface area contributed by atoms with E-state index in [0.717, 1.165) is 16.6 Å². The first kappa shape index (κ1) is 15.6. The average Bonchev–Trinajstić information content (AvgIpc) is 2.82. The first-order chi connectivity index (χ1) is 9.97. The van der Waals surface area contributed by atoms with Crippen molar-refractivity contribution in [2.45, 2.75) is 26.4 Å². The summed E-state index contributed by atoms with van der Waals surface area (Å²) in [7, 11) is 0. The summed E-state index contributed by atoms with van der Waals surface area (Å²) in [6, 6.07) is 5.11. The molecule has 6 heteroatoms. The van der Waals surface area contributed by atoms with Crippen molar-refractivity contribution in [3.8, 4) is 0 Å². The fourth-order valence-corrected chi connectivity index (χ4v) is 2.77. The third-order valence-electron chi connectivity index (χ3n) is 3.05. The fraction of sp³-hybridized carbons (Fsp3) is 0.267. The van der Waals surface area contributed by atoms with Gasteiger partial charge >= 0.3 is 0 Å². The van der Waals surface area contributed by atoms with Gasteiger partial charge in [-0.2, -0.15) is 0 Å². The van der Waals surface area contributed by atoms with E-state index in [1.165, 1.54) is 30.4 Å². The molecule has 1 atom stereocenters. The Hall–Kier alpha value is -1.79. The Balaban J connectivity index is 2.02. The molecule has 0 fully saturated rings. The van der Waals surface area contributed by atoms with Crippen LogP contribution in [0.3, 0.4) is 0 Å². The van der Waals surface area contributed by atoms with Gasteiger partial charge in [-0.1, -0.05) is 6.07 Å². The van der Waals surface area contributed by atoms with E-state index < -0.39 is 11.6 Å². The van der Waals surface area contributed by atoms with E-state index in [4.69, 9.17) is 0 Å². The van der Waals surface area contributed by atoms with Gasteiger partial charge in [0.15, 0.2) is 0 Å². The van der Waals surface area contributed by atoms with E-state index in [1.54, 1.807) is 0 Å². The highest BCUT2D eigenvalue weighted by Gasteiger charge is 2.13. The lowest BCUT2D eigenvalue weighted by Gasteiger charge is -2.15. The molecular formula is C15H16F2N2OS. The fourth-order valence-electron chi connectivity index (χ4n) is 1.99. The van der Waals surface area contributed by atoms with Crippen molar-refractivity contribution in [2.24, 2.45) is 0 Å². The van der Waals surface area contributed by atoms with Crippen LogP contribution in [-0.4, -0.2) is 5.91 Å². The minimum atomic E-state index is -0.588. The zero-order chi connectivity index (χ0) is 15.4. The van der Waals surface area contributed by atoms with Crippen LogP contribution in [0.25, 0.3) is 0 Å². The molecule has 0 aliphatic rings. The molecule has 2 aromatic rings. The number of benzene rings is 1. The molecule has 1 aromatic carbocycles. The van der Waals surface area contributed by atoms with E-state index in [-0.39, 0.29) is 11.9 Å². The first-order valence-corrected chi connectivity index (χ1v) is 7.37. The predicted molar refractivity (Wildman–Crippen MR) is 80.2 cm³/mol. The van der Waals surface area contributed by atoms with Crippen molar-refractivity contribution < 1.29 is 13.6 Å². The number of nitrogens with one attached hydrogen (secondary N) is 2. The Kier molecular flexibility index (Phi) is 5.03. The van der Waals surface area contributed by atoms with Gasteiger partial charge in [0.1, 0.15) is 11.6 Å². The van der Waals surface area contributed by atoms with Gasteiger partial charge in [-0.05, 0) is 24.4 Å². The molecule has 2 N–H and O–H groups in total. The zero-order valence-corrected chi connectivity index (χ0v) is 12.6. The van der Waals surface area contributed by atoms with Crippen LogP contribution in [0, 0.1) is 11.6 Å². The third-order valence-corrected chi connectivity index (χ3v) is 3.97. The molecule has 0 aliphatic heterocycles. The highest BCUT2D eigenvalue weighted by Crippen LogP contribution is 2.24. The summed E-state index contributed by atoms with van der Waals surface area (Å²) in [5.41, 5.74) is 1.17. The maximum Gasteiger partial charge on any atom is 0.221 e. The Bertz CT molecular complexity index is 642. The summed E-state index contributed by atoms with van der Waals surface area (Å²) < 4.78 is 26.6. The van der Waals surface area contributed by atoms with Crippen molar-refractivity contribution in [3.63, 3.8) is 0 Å². The molecule has 0 bridgehead atoms. The number of hydrogen-bond donors (Lipinski definition) is 2. The van der Waals surface area contributed by atoms with Crippen molar-refractivity contribution in [1.29, 1.82) is 0 Å². The summed E-state index contributed by atoms with van der Waals surface area (Å²) in [5.74, 6) is -1.29. The number of carbonyl (C=O) groups is 1. The van der Waals surface area contributed by atoms with E-state index in [2.05, 4.69) is 10.6 Å². The average molecular weight is 310 g/mol. The van der Waals surface area contributed by atoms with Gasteiger partial charge in [-0.25, -0.2) is 8.78 Å². The van der Waals surface area contributed by atoms with E-state index in [1.807, 2.05) is 18.4 Å². The van der Waals surface area contributed by atoms with Crippen LogP contribution in [0.1, 0.15) is 30.3 Å². The molecule has 1 aromatic heterocycles. The number of anilines is 1. The molecule has 1 unspecified atom stereocenters. The maximum absolute atomic E-state index is 13.7. The van der Waals surface area contributed by atoms with Gasteiger partial charge < -0.3 is 10.6 Å². The monoisotopic (exact) mass is 310 g/mol. The largest absolute Gasteiger partial charge is 0.325 e. The number of halogens is 2. The summed E-state index contributed by atoms with van der Waals surface area (Å²) in [6.07, 6.45) is 0. The molecule has 1 amide bonds. The van der Waals surface area contributed by atoms with Crippen LogP contribution >= 0.6 is 11.3 Å². The van der Waals surface area contributed by atoms with Crippen LogP contribution in [0.15, 0.2) is 29.6 Å². The van der Waals surface area contributed by atoms with Crippen LogP contribution in [-0.2, 0) is 11.3 Å². The number of hydrogen-bond acceptors (Lipinski definition) is 3. The van der Waals surface area contributed by atoms with Crippen LogP contribution in [0.2, 0.25) is 0 Å². The number of carbonyl (C=O) groups excluding carboxylic acids is 1. The Morgan fingerprint density at radius 3 is 2.76 bits per heavy atom. The molecule has 2 rings (SSSR count). The molecule has 0 radical (unpaired) electrons. The lowest BCUT2D eigenvalue weighted by molar-refractivity contribution is -0.114. The maximum atomic E-state index is 13.7. The van der Waals surface area contributed by atoms with Crippen LogP contribution in [0.5, 0.6) is 0 Å². The third kappa shape index (κ3) is 4.09. The standard InChI is InChI=1S/C15H16F2N2OS/c1-9(12-4-3-11(16)7-13(12)17)18-8-15-14(5-6-21-15)19-10(2)20/h3-7,9,18H,8H2,1-2H3,(H,19,20). The van der Waals surface area contributed by atoms with Gasteiger partial charge in [-0.15, -0.1) is 11.3 Å². The second-order valence-electron chi connectivity index (χ2n) is 4.71. The molecule has 1 heterocycles. The predicted octanol–water partition coefficient (Wildman–Crippen LogP) is 3.84. The molecule has 0 spiro atoms. The van der Waals surface area contributed by atoms with E-state index in [9.17, 15) is 13.6 Å². The summed E-state index contributed by atoms with van der Waals surface area (Å²) in [5, 5.41) is 7.80. The van der Waals surface area contributed by atoms with Gasteiger partial charge in [0, 0.05) is 36.0 Å². The number of amides is 1. The van der Waals surface area contributed by atoms with Crippen molar-refractivity contribution in [3.05, 3.63) is 51.7 Å². The first-order valence-electron chi connectivity index (χ1n) is 6.49. The van der Waals surface area contributed by atoms with Crippen molar-refractivity contribution in [1.82, 2.24) is 5.32 Å². The molecule has 21 heavy (non-hydrogen) atoms. The van der Waals surface area contributed by atoms with Gasteiger partial charge in [0.25, 0.3) is 0 Å². The molecule has 0 saturated carbocycles.